The summed E-state index contributed by atoms with van der Waals surface area (Å²) in [6, 6.07) is 0. The van der Waals surface area contributed by atoms with Gasteiger partial charge in [0.05, 0.1) is 79.3 Å². The van der Waals surface area contributed by atoms with Gasteiger partial charge in [0.25, 0.3) is 0 Å². The van der Waals surface area contributed by atoms with E-state index in [1.54, 1.807) is 0 Å². The van der Waals surface area contributed by atoms with E-state index in [-0.39, 0.29) is 13.2 Å². The van der Waals surface area contributed by atoms with Crippen molar-refractivity contribution in [2.24, 2.45) is 0 Å². The van der Waals surface area contributed by atoms with Gasteiger partial charge in [-0.2, -0.15) is 0 Å². The largest absolute Gasteiger partial charge is 0.394 e. The molecule has 0 aromatic rings. The van der Waals surface area contributed by atoms with Crippen molar-refractivity contribution in [3.8, 4) is 0 Å². The molecule has 8 heteroatoms. The normalized spacial score (nSPS) is 11.5. The van der Waals surface area contributed by atoms with Crippen molar-refractivity contribution in [3.63, 3.8) is 0 Å². The van der Waals surface area contributed by atoms with E-state index in [0.717, 1.165) is 13.1 Å². The summed E-state index contributed by atoms with van der Waals surface area (Å²) < 4.78 is 26.4. The highest BCUT2D eigenvalue weighted by Gasteiger charge is 1.98. The van der Waals surface area contributed by atoms with E-state index in [4.69, 9.17) is 33.9 Å². The average Bonchev–Trinajstić information content (AvgIpc) is 2.56. The van der Waals surface area contributed by atoms with Crippen LogP contribution in [0.2, 0.25) is 0 Å². The minimum Gasteiger partial charge on any atom is -0.394 e. The van der Waals surface area contributed by atoms with Gasteiger partial charge in [0.2, 0.25) is 0 Å². The minimum absolute atomic E-state index is 0.0381. The van der Waals surface area contributed by atoms with Crippen LogP contribution in [0.5, 0.6) is 0 Å². The van der Waals surface area contributed by atoms with Crippen molar-refractivity contribution in [3.05, 3.63) is 0 Å². The van der Waals surface area contributed by atoms with Gasteiger partial charge in [-0.3, -0.25) is 0 Å². The predicted molar refractivity (Wildman–Crippen MR) is 85.8 cm³/mol. The van der Waals surface area contributed by atoms with Crippen molar-refractivity contribution in [2.75, 3.05) is 99.4 Å². The molecule has 0 aromatic heterocycles. The lowest BCUT2D eigenvalue weighted by Crippen LogP contribution is -2.27. The molecule has 0 saturated heterocycles. The zero-order valence-electron chi connectivity index (χ0n) is 14.3. The standard InChI is InChI=1S/C15H33NO7/c1-16(2-6-19-8-4-17)3-7-20-10-12-22-14-15-23-13-11-21-9-5-18/h17-18H,2-15H2,1H3. The summed E-state index contributed by atoms with van der Waals surface area (Å²) in [6.07, 6.45) is 0. The van der Waals surface area contributed by atoms with E-state index in [2.05, 4.69) is 4.90 Å². The van der Waals surface area contributed by atoms with E-state index in [0.29, 0.717) is 66.1 Å². The van der Waals surface area contributed by atoms with Crippen molar-refractivity contribution < 1.29 is 33.9 Å². The Hall–Kier alpha value is -0.320. The second-order valence-electron chi connectivity index (χ2n) is 4.81. The molecule has 0 fully saturated rings. The van der Waals surface area contributed by atoms with E-state index in [1.807, 2.05) is 7.05 Å². The lowest BCUT2D eigenvalue weighted by molar-refractivity contribution is -0.00730. The zero-order chi connectivity index (χ0) is 17.0. The number of rotatable bonds is 19. The van der Waals surface area contributed by atoms with Gasteiger partial charge >= 0.3 is 0 Å². The van der Waals surface area contributed by atoms with Crippen LogP contribution in [0.4, 0.5) is 0 Å². The van der Waals surface area contributed by atoms with Gasteiger partial charge in [-0.1, -0.05) is 0 Å². The molecule has 0 bridgehead atoms. The van der Waals surface area contributed by atoms with Crippen LogP contribution in [-0.4, -0.2) is 115 Å². The molecule has 0 heterocycles. The molecule has 2 N–H and O–H groups in total. The van der Waals surface area contributed by atoms with Crippen LogP contribution < -0.4 is 0 Å². The second kappa shape index (κ2) is 19.7. The van der Waals surface area contributed by atoms with Gasteiger partial charge in [0.1, 0.15) is 0 Å². The lowest BCUT2D eigenvalue weighted by atomic mass is 10.5. The Morgan fingerprint density at radius 2 is 0.826 bits per heavy atom. The number of ether oxygens (including phenoxy) is 5. The maximum absolute atomic E-state index is 8.58. The SMILES string of the molecule is CN(CCOCCO)CCOCCOCCOCCOCCO. The molecule has 8 nitrogen and oxygen atoms in total. The first-order valence-electron chi connectivity index (χ1n) is 8.10. The number of hydrogen-bond acceptors (Lipinski definition) is 8. The summed E-state index contributed by atoms with van der Waals surface area (Å²) >= 11 is 0. The summed E-state index contributed by atoms with van der Waals surface area (Å²) in [5.41, 5.74) is 0. The molecule has 0 atom stereocenters. The van der Waals surface area contributed by atoms with Crippen molar-refractivity contribution >= 4 is 0 Å². The summed E-state index contributed by atoms with van der Waals surface area (Å²) in [4.78, 5) is 2.12. The summed E-state index contributed by atoms with van der Waals surface area (Å²) in [5.74, 6) is 0. The number of nitrogens with zero attached hydrogens (tertiary/aromatic N) is 1. The molecule has 0 unspecified atom stereocenters. The fourth-order valence-electron chi connectivity index (χ4n) is 1.55. The molecular weight excluding hydrogens is 306 g/mol. The Kier molecular flexibility index (Phi) is 19.5. The number of hydrogen-bond donors (Lipinski definition) is 2. The molecular formula is C15H33NO7. The van der Waals surface area contributed by atoms with Gasteiger partial charge in [-0.15, -0.1) is 0 Å². The third-order valence-electron chi connectivity index (χ3n) is 2.82. The first-order chi connectivity index (χ1) is 11.3. The Labute approximate surface area is 139 Å². The molecule has 0 rings (SSSR count). The van der Waals surface area contributed by atoms with Crippen LogP contribution in [0.15, 0.2) is 0 Å². The maximum atomic E-state index is 8.58. The predicted octanol–water partition coefficient (Wildman–Crippen LogP) is -1.01. The Morgan fingerprint density at radius 1 is 0.522 bits per heavy atom. The molecule has 0 amide bonds. The van der Waals surface area contributed by atoms with E-state index in [9.17, 15) is 0 Å². The van der Waals surface area contributed by atoms with Crippen LogP contribution >= 0.6 is 0 Å². The average molecular weight is 339 g/mol. The van der Waals surface area contributed by atoms with Crippen LogP contribution in [0, 0.1) is 0 Å². The van der Waals surface area contributed by atoms with Crippen molar-refractivity contribution in [1.82, 2.24) is 4.90 Å². The summed E-state index contributed by atoms with van der Waals surface area (Å²) in [7, 11) is 2.00. The van der Waals surface area contributed by atoms with Crippen LogP contribution in [0.1, 0.15) is 0 Å². The number of likely N-dealkylation sites (N-methyl/N-ethyl adjacent to an activating group) is 1. The highest BCUT2D eigenvalue weighted by atomic mass is 16.6. The van der Waals surface area contributed by atoms with E-state index < -0.39 is 0 Å². The second-order valence-corrected chi connectivity index (χ2v) is 4.81. The quantitative estimate of drug-likeness (QED) is 0.289. The van der Waals surface area contributed by atoms with Gasteiger partial charge < -0.3 is 38.8 Å². The molecule has 0 aromatic carbocycles. The smallest absolute Gasteiger partial charge is 0.0701 e. The monoisotopic (exact) mass is 339 g/mol. The zero-order valence-corrected chi connectivity index (χ0v) is 14.3. The van der Waals surface area contributed by atoms with E-state index >= 15 is 0 Å². The Bertz CT molecular complexity index is 222. The summed E-state index contributed by atoms with van der Waals surface area (Å²) in [6.45, 7) is 6.93. The first kappa shape index (κ1) is 22.7. The molecule has 0 aliphatic rings. The number of aliphatic hydroxyl groups is 2. The van der Waals surface area contributed by atoms with Gasteiger partial charge in [-0.05, 0) is 7.05 Å². The van der Waals surface area contributed by atoms with Gasteiger partial charge in [0.15, 0.2) is 0 Å². The first-order valence-corrected chi connectivity index (χ1v) is 8.10. The van der Waals surface area contributed by atoms with E-state index in [1.165, 1.54) is 0 Å². The van der Waals surface area contributed by atoms with Crippen LogP contribution in [-0.2, 0) is 23.7 Å². The molecule has 0 saturated carbocycles. The molecule has 0 aliphatic heterocycles. The fraction of sp³-hybridized carbons (Fsp3) is 1.00. The fourth-order valence-corrected chi connectivity index (χ4v) is 1.55. The molecule has 0 spiro atoms. The van der Waals surface area contributed by atoms with Gasteiger partial charge in [-0.25, -0.2) is 0 Å². The topological polar surface area (TPSA) is 89.9 Å². The molecule has 23 heavy (non-hydrogen) atoms. The highest BCUT2D eigenvalue weighted by Crippen LogP contribution is 1.86. The Balaban J connectivity index is 3.07. The Morgan fingerprint density at radius 3 is 1.22 bits per heavy atom. The number of aliphatic hydroxyl groups excluding tert-OH is 2. The molecule has 0 aliphatic carbocycles. The van der Waals surface area contributed by atoms with Crippen LogP contribution in [0.25, 0.3) is 0 Å². The summed E-state index contributed by atoms with van der Waals surface area (Å²) in [5, 5.41) is 17.1. The molecule has 140 valence electrons. The maximum Gasteiger partial charge on any atom is 0.0701 e. The lowest BCUT2D eigenvalue weighted by Gasteiger charge is -2.16. The van der Waals surface area contributed by atoms with Crippen molar-refractivity contribution in [2.45, 2.75) is 0 Å². The van der Waals surface area contributed by atoms with Crippen molar-refractivity contribution in [1.29, 1.82) is 0 Å². The molecule has 0 radical (unpaired) electrons. The third-order valence-corrected chi connectivity index (χ3v) is 2.82. The minimum atomic E-state index is 0.0381. The van der Waals surface area contributed by atoms with Gasteiger partial charge in [0, 0.05) is 13.1 Å². The third kappa shape index (κ3) is 19.6. The highest BCUT2D eigenvalue weighted by molar-refractivity contribution is 4.49. The van der Waals surface area contributed by atoms with Crippen LogP contribution in [0.3, 0.4) is 0 Å².